The van der Waals surface area contributed by atoms with Crippen molar-refractivity contribution in [1.29, 1.82) is 0 Å². The van der Waals surface area contributed by atoms with Crippen LogP contribution in [0.4, 0.5) is 0 Å². The first kappa shape index (κ1) is 31.3. The molecule has 2 saturated heterocycles. The molecule has 6 nitrogen and oxygen atoms in total. The second-order valence-electron chi connectivity index (χ2n) is 11.1. The smallest absolute Gasteiger partial charge is 0.226 e. The van der Waals surface area contributed by atoms with Gasteiger partial charge >= 0.3 is 0 Å². The molecule has 2 aliphatic rings. The van der Waals surface area contributed by atoms with Gasteiger partial charge in [-0.3, -0.25) is 9.59 Å². The molecule has 0 spiro atoms. The van der Waals surface area contributed by atoms with Gasteiger partial charge in [0.15, 0.2) is 0 Å². The van der Waals surface area contributed by atoms with Gasteiger partial charge in [0.2, 0.25) is 11.8 Å². The second-order valence-corrected chi connectivity index (χ2v) is 12.8. The molecule has 0 radical (unpaired) electrons. The summed E-state index contributed by atoms with van der Waals surface area (Å²) >= 11 is 5.79. The number of benzene rings is 2. The molecule has 8 heteroatoms. The van der Waals surface area contributed by atoms with Gasteiger partial charge in [0, 0.05) is 51.1 Å². The van der Waals surface area contributed by atoms with Gasteiger partial charge in [-0.25, -0.2) is 0 Å². The Morgan fingerprint density at radius 2 is 1.68 bits per heavy atom. The highest BCUT2D eigenvalue weighted by Gasteiger charge is 2.42. The van der Waals surface area contributed by atoms with Crippen LogP contribution in [0.25, 0.3) is 11.1 Å². The highest BCUT2D eigenvalue weighted by atomic mass is 32.1. The molecule has 2 amide bonds. The van der Waals surface area contributed by atoms with Gasteiger partial charge in [-0.05, 0) is 66.2 Å². The number of carbonyl (C=O) groups is 2. The largest absolute Gasteiger partial charge is 0.381 e. The number of hydrogen-bond donors (Lipinski definition) is 3. The molecular weight excluding hydrogens is 551 g/mol. The van der Waals surface area contributed by atoms with E-state index in [1.807, 2.05) is 34.5 Å². The quantitative estimate of drug-likeness (QED) is 0.236. The van der Waals surface area contributed by atoms with Crippen molar-refractivity contribution >= 4 is 35.8 Å². The molecule has 1 unspecified atom stereocenters. The summed E-state index contributed by atoms with van der Waals surface area (Å²) in [6, 6.07) is 23.0. The summed E-state index contributed by atoms with van der Waals surface area (Å²) in [7, 11) is 0. The number of nitrogens with one attached hydrogen (secondary N) is 1. The standard InChI is InChI=1S/C27H34N2O3.C6H9NS2/c1-21(30)29-15-13-27(14-16-29,26(31)28-20-23-11-17-32-18-12-23)19-22-7-9-25(10-8-22)24-5-3-2-4-6-24;7-6(8)4-5-2-1-3-9-5/h2-10,23H,11-20H2,1H3,(H,28,31);1-3,6,8H,4,7H2. The Kier molecular flexibility index (Phi) is 11.9. The monoisotopic (exact) mass is 593 g/mol. The van der Waals surface area contributed by atoms with Gasteiger partial charge in [-0.15, -0.1) is 11.3 Å². The Hall–Kier alpha value is -2.65. The maximum absolute atomic E-state index is 13.5. The second kappa shape index (κ2) is 15.5. The average Bonchev–Trinajstić information content (AvgIpc) is 3.50. The molecule has 41 heavy (non-hydrogen) atoms. The van der Waals surface area contributed by atoms with Crippen LogP contribution in [0, 0.1) is 11.3 Å². The van der Waals surface area contributed by atoms with Crippen molar-refractivity contribution < 1.29 is 14.3 Å². The van der Waals surface area contributed by atoms with Gasteiger partial charge in [0.1, 0.15) is 0 Å². The average molecular weight is 594 g/mol. The first-order valence-electron chi connectivity index (χ1n) is 14.6. The molecule has 220 valence electrons. The van der Waals surface area contributed by atoms with Crippen LogP contribution in [0.1, 0.15) is 43.0 Å². The minimum Gasteiger partial charge on any atom is -0.381 e. The summed E-state index contributed by atoms with van der Waals surface area (Å²) in [6.07, 6.45) is 4.99. The van der Waals surface area contributed by atoms with Crippen molar-refractivity contribution in [2.45, 2.75) is 50.8 Å². The summed E-state index contributed by atoms with van der Waals surface area (Å²) < 4.78 is 5.45. The Morgan fingerprint density at radius 3 is 2.27 bits per heavy atom. The third-order valence-corrected chi connectivity index (χ3v) is 9.22. The van der Waals surface area contributed by atoms with E-state index in [4.69, 9.17) is 10.5 Å². The van der Waals surface area contributed by atoms with Crippen LogP contribution in [-0.2, 0) is 27.2 Å². The third kappa shape index (κ3) is 9.43. The van der Waals surface area contributed by atoms with Crippen LogP contribution in [0.15, 0.2) is 72.1 Å². The van der Waals surface area contributed by atoms with Crippen LogP contribution in [-0.4, -0.2) is 54.9 Å². The van der Waals surface area contributed by atoms with Crippen LogP contribution >= 0.6 is 24.0 Å². The van der Waals surface area contributed by atoms with E-state index in [9.17, 15) is 9.59 Å². The minimum atomic E-state index is -0.467. The zero-order valence-electron chi connectivity index (χ0n) is 24.0. The normalized spacial score (nSPS) is 17.7. The molecular formula is C33H43N3O3S2. The highest BCUT2D eigenvalue weighted by Crippen LogP contribution is 2.36. The van der Waals surface area contributed by atoms with Crippen LogP contribution in [0.3, 0.4) is 0 Å². The van der Waals surface area contributed by atoms with E-state index in [1.54, 1.807) is 18.3 Å². The third-order valence-electron chi connectivity index (χ3n) is 8.13. The Bertz CT molecular complexity index is 1200. The zero-order chi connectivity index (χ0) is 29.1. The SMILES string of the molecule is CC(=O)N1CCC(Cc2ccc(-c3ccccc3)cc2)(C(=O)NCC2CCOCC2)CC1.NC(S)Cc1cccs1. The molecule has 5 rings (SSSR count). The lowest BCUT2D eigenvalue weighted by Crippen LogP contribution is -2.51. The maximum atomic E-state index is 13.5. The lowest BCUT2D eigenvalue weighted by atomic mass is 9.72. The number of carbonyl (C=O) groups excluding carboxylic acids is 2. The fourth-order valence-electron chi connectivity index (χ4n) is 5.58. The maximum Gasteiger partial charge on any atom is 0.226 e. The predicted molar refractivity (Wildman–Crippen MR) is 171 cm³/mol. The molecule has 0 bridgehead atoms. The predicted octanol–water partition coefficient (Wildman–Crippen LogP) is 5.57. The molecule has 2 aliphatic heterocycles. The Balaban J connectivity index is 0.000000367. The summed E-state index contributed by atoms with van der Waals surface area (Å²) in [5, 5.41) is 5.30. The van der Waals surface area contributed by atoms with Crippen molar-refractivity contribution in [3.8, 4) is 11.1 Å². The Morgan fingerprint density at radius 1 is 1.02 bits per heavy atom. The first-order chi connectivity index (χ1) is 19.8. The summed E-state index contributed by atoms with van der Waals surface area (Å²) in [5.74, 6) is 0.722. The van der Waals surface area contributed by atoms with E-state index in [1.165, 1.54) is 21.6 Å². The summed E-state index contributed by atoms with van der Waals surface area (Å²) in [5.41, 5.74) is 8.53. The molecule has 2 fully saturated rings. The number of likely N-dealkylation sites (tertiary alicyclic amines) is 1. The minimum absolute atomic E-state index is 0.0105. The van der Waals surface area contributed by atoms with Gasteiger partial charge in [0.25, 0.3) is 0 Å². The van der Waals surface area contributed by atoms with Gasteiger partial charge in [0.05, 0.1) is 10.8 Å². The van der Waals surface area contributed by atoms with E-state index < -0.39 is 5.41 Å². The van der Waals surface area contributed by atoms with E-state index in [0.29, 0.717) is 44.8 Å². The van der Waals surface area contributed by atoms with Crippen molar-refractivity contribution in [2.75, 3.05) is 32.8 Å². The molecule has 0 aliphatic carbocycles. The number of hydrogen-bond acceptors (Lipinski definition) is 6. The van der Waals surface area contributed by atoms with Crippen LogP contribution in [0.5, 0.6) is 0 Å². The van der Waals surface area contributed by atoms with E-state index in [0.717, 1.165) is 32.5 Å². The molecule has 3 aromatic rings. The lowest BCUT2D eigenvalue weighted by molar-refractivity contribution is -0.139. The molecule has 1 atom stereocenters. The number of rotatable bonds is 8. The van der Waals surface area contributed by atoms with Gasteiger partial charge in [-0.1, -0.05) is 60.7 Å². The number of thiol groups is 1. The lowest BCUT2D eigenvalue weighted by Gasteiger charge is -2.41. The van der Waals surface area contributed by atoms with Crippen molar-refractivity contribution in [1.82, 2.24) is 10.2 Å². The van der Waals surface area contributed by atoms with Crippen molar-refractivity contribution in [3.63, 3.8) is 0 Å². The van der Waals surface area contributed by atoms with Crippen LogP contribution in [0.2, 0.25) is 0 Å². The van der Waals surface area contributed by atoms with Gasteiger partial charge < -0.3 is 20.7 Å². The number of thiophene rings is 1. The molecule has 1 aromatic heterocycles. The van der Waals surface area contributed by atoms with Crippen molar-refractivity contribution in [2.24, 2.45) is 17.1 Å². The zero-order valence-corrected chi connectivity index (χ0v) is 25.7. The van der Waals surface area contributed by atoms with Crippen LogP contribution < -0.4 is 11.1 Å². The fraction of sp³-hybridized carbons (Fsp3) is 0.455. The van der Waals surface area contributed by atoms with Crippen molar-refractivity contribution in [3.05, 3.63) is 82.6 Å². The number of nitrogens with two attached hydrogens (primary N) is 1. The summed E-state index contributed by atoms with van der Waals surface area (Å²) in [6.45, 7) is 5.18. The molecule has 0 saturated carbocycles. The summed E-state index contributed by atoms with van der Waals surface area (Å²) in [4.78, 5) is 28.5. The van der Waals surface area contributed by atoms with E-state index >= 15 is 0 Å². The number of amides is 2. The van der Waals surface area contributed by atoms with E-state index in [2.05, 4.69) is 60.4 Å². The number of ether oxygens (including phenoxy) is 1. The first-order valence-corrected chi connectivity index (χ1v) is 16.0. The number of nitrogens with zero attached hydrogens (tertiary/aromatic N) is 1. The Labute approximate surface area is 254 Å². The van der Waals surface area contributed by atoms with Gasteiger partial charge in [-0.2, -0.15) is 12.6 Å². The molecule has 3 N–H and O–H groups in total. The topological polar surface area (TPSA) is 84.7 Å². The number of piperidine rings is 1. The molecule has 3 heterocycles. The molecule has 2 aromatic carbocycles. The fourth-order valence-corrected chi connectivity index (χ4v) is 6.67. The van der Waals surface area contributed by atoms with E-state index in [-0.39, 0.29) is 17.2 Å². The highest BCUT2D eigenvalue weighted by molar-refractivity contribution is 7.80.